The van der Waals surface area contributed by atoms with Gasteiger partial charge in [-0.25, -0.2) is 9.78 Å². The molecule has 1 aromatic heterocycles. The number of hydrogen-bond donors (Lipinski definition) is 3. The van der Waals surface area contributed by atoms with Crippen LogP contribution in [0.25, 0.3) is 0 Å². The van der Waals surface area contributed by atoms with Gasteiger partial charge >= 0.3 is 11.9 Å². The third-order valence-corrected chi connectivity index (χ3v) is 5.25. The van der Waals surface area contributed by atoms with Crippen LogP contribution in [0.5, 0.6) is 0 Å². The number of aryl methyl sites for hydroxylation is 1. The molecule has 2 aromatic rings. The molecule has 0 fully saturated rings. The molecule has 1 heterocycles. The monoisotopic (exact) mass is 491 g/mol. The lowest BCUT2D eigenvalue weighted by molar-refractivity contribution is -0.146. The predicted molar refractivity (Wildman–Crippen MR) is 128 cm³/mol. The van der Waals surface area contributed by atoms with Gasteiger partial charge in [0.25, 0.3) is 5.91 Å². The third kappa shape index (κ3) is 8.18. The van der Waals surface area contributed by atoms with Crippen molar-refractivity contribution in [2.45, 2.75) is 52.0 Å². The Morgan fingerprint density at radius 3 is 2.32 bits per heavy atom. The molecule has 0 aliphatic carbocycles. The van der Waals surface area contributed by atoms with Gasteiger partial charge in [-0.05, 0) is 57.2 Å². The van der Waals surface area contributed by atoms with Crippen LogP contribution in [0, 0.1) is 0 Å². The number of benzene rings is 1. The maximum absolute atomic E-state index is 12.7. The van der Waals surface area contributed by atoms with Gasteiger partial charge in [0.15, 0.2) is 0 Å². The first kappa shape index (κ1) is 26.8. The summed E-state index contributed by atoms with van der Waals surface area (Å²) < 4.78 is 9.90. The quantitative estimate of drug-likeness (QED) is 0.299. The Balaban J connectivity index is 1.94. The molecule has 0 saturated carbocycles. The van der Waals surface area contributed by atoms with Gasteiger partial charge in [0.05, 0.1) is 13.2 Å². The summed E-state index contributed by atoms with van der Waals surface area (Å²) in [7, 11) is 0. The minimum Gasteiger partial charge on any atom is -0.466 e. The molecule has 1 aromatic carbocycles. The number of anilines is 2. The fourth-order valence-electron chi connectivity index (χ4n) is 3.24. The van der Waals surface area contributed by atoms with Crippen molar-refractivity contribution in [3.8, 4) is 0 Å². The minimum atomic E-state index is -0.950. The van der Waals surface area contributed by atoms with Crippen LogP contribution in [0.4, 0.5) is 11.8 Å². The third-order valence-electron chi connectivity index (χ3n) is 4.93. The number of carbonyl (C=O) groups excluding carboxylic acids is 3. The van der Waals surface area contributed by atoms with Crippen molar-refractivity contribution in [1.82, 2.24) is 15.3 Å². The van der Waals surface area contributed by atoms with Crippen LogP contribution in [-0.4, -0.2) is 47.1 Å². The first-order chi connectivity index (χ1) is 16.2. The average molecular weight is 492 g/mol. The number of aromatic nitrogens is 2. The smallest absolute Gasteiger partial charge is 0.328 e. The molecule has 11 heteroatoms. The highest BCUT2D eigenvalue weighted by Crippen LogP contribution is 2.22. The minimum absolute atomic E-state index is 0.00980. The fraction of sp³-hybridized carbons (Fsp3) is 0.435. The number of halogens is 1. The van der Waals surface area contributed by atoms with E-state index in [1.807, 2.05) is 12.1 Å². The largest absolute Gasteiger partial charge is 0.466 e. The summed E-state index contributed by atoms with van der Waals surface area (Å²) >= 11 is 6.10. The number of nitrogen functional groups attached to an aromatic ring is 2. The lowest BCUT2D eigenvalue weighted by atomic mass is 10.0. The van der Waals surface area contributed by atoms with Crippen molar-refractivity contribution in [3.63, 3.8) is 0 Å². The number of hydrogen-bond acceptors (Lipinski definition) is 9. The van der Waals surface area contributed by atoms with E-state index in [0.717, 1.165) is 12.0 Å². The second-order valence-electron chi connectivity index (χ2n) is 7.41. The topological polar surface area (TPSA) is 160 Å². The van der Waals surface area contributed by atoms with E-state index < -0.39 is 23.9 Å². The zero-order valence-electron chi connectivity index (χ0n) is 19.3. The molecule has 0 radical (unpaired) electrons. The van der Waals surface area contributed by atoms with E-state index >= 15 is 0 Å². The summed E-state index contributed by atoms with van der Waals surface area (Å²) in [6.45, 7) is 3.78. The molecule has 1 amide bonds. The Morgan fingerprint density at radius 1 is 1.03 bits per heavy atom. The van der Waals surface area contributed by atoms with Crippen molar-refractivity contribution in [2.75, 3.05) is 24.7 Å². The second kappa shape index (κ2) is 13.3. The number of ether oxygens (including phenoxy) is 2. The summed E-state index contributed by atoms with van der Waals surface area (Å²) in [4.78, 5) is 44.4. The number of rotatable bonds is 12. The van der Waals surface area contributed by atoms with Crippen molar-refractivity contribution >= 4 is 41.2 Å². The van der Waals surface area contributed by atoms with Gasteiger partial charge in [-0.3, -0.25) is 9.59 Å². The molecule has 1 atom stereocenters. The predicted octanol–water partition coefficient (Wildman–Crippen LogP) is 2.47. The highest BCUT2D eigenvalue weighted by molar-refractivity contribution is 6.30. The van der Waals surface area contributed by atoms with Gasteiger partial charge in [-0.15, -0.1) is 0 Å². The van der Waals surface area contributed by atoms with Crippen molar-refractivity contribution in [3.05, 3.63) is 46.1 Å². The van der Waals surface area contributed by atoms with Gasteiger partial charge in [0.2, 0.25) is 5.95 Å². The van der Waals surface area contributed by atoms with Crippen LogP contribution in [-0.2, 0) is 31.9 Å². The highest BCUT2D eigenvalue weighted by atomic mass is 35.5. The first-order valence-corrected chi connectivity index (χ1v) is 11.4. The van der Waals surface area contributed by atoms with Gasteiger partial charge in [-0.2, -0.15) is 4.98 Å². The zero-order chi connectivity index (χ0) is 25.1. The Kier molecular flexibility index (Phi) is 10.5. The standard InChI is InChI=1S/C23H30ClN5O5/c1-3-33-18(30)13-12-17(22(32)34-4-2)27-21(31)15-10-8-14(9-11-15)6-5-7-16-19(24)28-23(26)29-20(16)25/h8-11,17H,3-7,12-13H2,1-2H3,(H,27,31)(H4,25,26,28,29)/t17-/m0/s1. The van der Waals surface area contributed by atoms with Gasteiger partial charge in [0.1, 0.15) is 17.0 Å². The highest BCUT2D eigenvalue weighted by Gasteiger charge is 2.24. The molecule has 0 aliphatic rings. The Bertz CT molecular complexity index is 977. The molecule has 184 valence electrons. The van der Waals surface area contributed by atoms with E-state index in [1.54, 1.807) is 26.0 Å². The molecular formula is C23H30ClN5O5. The molecule has 2 rings (SSSR count). The normalized spacial score (nSPS) is 11.5. The molecule has 5 N–H and O–H groups in total. The summed E-state index contributed by atoms with van der Waals surface area (Å²) in [5, 5.41) is 2.89. The molecular weight excluding hydrogens is 462 g/mol. The molecule has 0 saturated heterocycles. The van der Waals surface area contributed by atoms with Crippen LogP contribution in [0.15, 0.2) is 24.3 Å². The van der Waals surface area contributed by atoms with E-state index in [0.29, 0.717) is 24.0 Å². The van der Waals surface area contributed by atoms with Gasteiger partial charge in [0, 0.05) is 17.5 Å². The molecule has 10 nitrogen and oxygen atoms in total. The van der Waals surface area contributed by atoms with Crippen LogP contribution in [0.3, 0.4) is 0 Å². The van der Waals surface area contributed by atoms with Crippen LogP contribution >= 0.6 is 11.6 Å². The van der Waals surface area contributed by atoms with E-state index in [2.05, 4.69) is 15.3 Å². The van der Waals surface area contributed by atoms with Crippen LogP contribution in [0.1, 0.15) is 54.6 Å². The number of amides is 1. The lowest BCUT2D eigenvalue weighted by Crippen LogP contribution is -2.42. The summed E-state index contributed by atoms with van der Waals surface area (Å²) in [6, 6.07) is 6.06. The molecule has 0 aliphatic heterocycles. The van der Waals surface area contributed by atoms with E-state index in [-0.39, 0.29) is 43.0 Å². The number of nitrogens with two attached hydrogens (primary N) is 2. The van der Waals surface area contributed by atoms with Gasteiger partial charge < -0.3 is 26.3 Å². The van der Waals surface area contributed by atoms with Crippen molar-refractivity contribution < 1.29 is 23.9 Å². The number of nitrogens with one attached hydrogen (secondary N) is 1. The van der Waals surface area contributed by atoms with Crippen molar-refractivity contribution in [2.24, 2.45) is 0 Å². The van der Waals surface area contributed by atoms with Crippen molar-refractivity contribution in [1.29, 1.82) is 0 Å². The van der Waals surface area contributed by atoms with E-state index in [9.17, 15) is 14.4 Å². The van der Waals surface area contributed by atoms with E-state index in [4.69, 9.17) is 32.5 Å². The molecule has 0 spiro atoms. The Morgan fingerprint density at radius 2 is 1.71 bits per heavy atom. The summed E-state index contributed by atoms with van der Waals surface area (Å²) in [5.41, 5.74) is 13.4. The second-order valence-corrected chi connectivity index (χ2v) is 7.77. The zero-order valence-corrected chi connectivity index (χ0v) is 20.1. The molecule has 34 heavy (non-hydrogen) atoms. The lowest BCUT2D eigenvalue weighted by Gasteiger charge is -2.17. The Hall–Kier alpha value is -3.40. The maximum Gasteiger partial charge on any atom is 0.328 e. The number of carbonyl (C=O) groups is 3. The summed E-state index contributed by atoms with van der Waals surface area (Å²) in [6.07, 6.45) is 2.11. The maximum atomic E-state index is 12.7. The van der Waals surface area contributed by atoms with Crippen LogP contribution in [0.2, 0.25) is 5.15 Å². The SMILES string of the molecule is CCOC(=O)CC[C@H](NC(=O)c1ccc(CCCc2c(N)nc(N)nc2Cl)cc1)C(=O)OCC. The fourth-order valence-corrected chi connectivity index (χ4v) is 3.52. The first-order valence-electron chi connectivity index (χ1n) is 11.0. The Labute approximate surface area is 203 Å². The molecule has 0 unspecified atom stereocenters. The number of esters is 2. The average Bonchev–Trinajstić information content (AvgIpc) is 2.79. The number of nitrogens with zero attached hydrogens (tertiary/aromatic N) is 2. The summed E-state index contributed by atoms with van der Waals surface area (Å²) in [5.74, 6) is -1.17. The van der Waals surface area contributed by atoms with E-state index in [1.165, 1.54) is 0 Å². The molecule has 0 bridgehead atoms. The van der Waals surface area contributed by atoms with Gasteiger partial charge in [-0.1, -0.05) is 23.7 Å². The van der Waals surface area contributed by atoms with Crippen LogP contribution < -0.4 is 16.8 Å².